The molecule has 0 aliphatic rings. The van der Waals surface area contributed by atoms with E-state index in [9.17, 15) is 21.9 Å². The van der Waals surface area contributed by atoms with Crippen LogP contribution in [0.25, 0.3) is 22.5 Å². The fourth-order valence-electron chi connectivity index (χ4n) is 2.27. The zero-order chi connectivity index (χ0) is 18.7. The Morgan fingerprint density at radius 1 is 0.923 bits per heavy atom. The van der Waals surface area contributed by atoms with Gasteiger partial charge < -0.3 is 4.55 Å². The molecule has 0 spiro atoms. The van der Waals surface area contributed by atoms with Crippen LogP contribution in [-0.4, -0.2) is 23.7 Å². The molecule has 9 heteroatoms. The number of nitrogens with zero attached hydrogens (tertiary/aromatic N) is 3. The van der Waals surface area contributed by atoms with Crippen molar-refractivity contribution >= 4 is 11.1 Å². The van der Waals surface area contributed by atoms with E-state index >= 15 is 0 Å². The maximum absolute atomic E-state index is 12.6. The third kappa shape index (κ3) is 4.30. The summed E-state index contributed by atoms with van der Waals surface area (Å²) < 4.78 is 59.2. The Morgan fingerprint density at radius 3 is 2.08 bits per heavy atom. The van der Waals surface area contributed by atoms with E-state index in [0.29, 0.717) is 28.1 Å². The molecule has 0 N–H and O–H groups in total. The molecule has 0 saturated carbocycles. The molecule has 0 radical (unpaired) electrons. The number of hydrogen-bond acceptors (Lipinski definition) is 5. The van der Waals surface area contributed by atoms with Gasteiger partial charge in [0.05, 0.1) is 23.8 Å². The average Bonchev–Trinajstić information content (AvgIpc) is 2.61. The summed E-state index contributed by atoms with van der Waals surface area (Å²) in [6.07, 6.45) is -0.449. The van der Waals surface area contributed by atoms with Crippen molar-refractivity contribution < 1.29 is 21.9 Å². The highest BCUT2D eigenvalue weighted by Crippen LogP contribution is 2.29. The highest BCUT2D eigenvalue weighted by molar-refractivity contribution is 7.78. The lowest BCUT2D eigenvalue weighted by atomic mass is 10.1. The summed E-state index contributed by atoms with van der Waals surface area (Å²) in [5, 5.41) is 0. The Bertz CT molecular complexity index is 929. The fourth-order valence-corrected chi connectivity index (χ4v) is 2.73. The second kappa shape index (κ2) is 7.30. The smallest absolute Gasteiger partial charge is 0.433 e. The second-order valence-electron chi connectivity index (χ2n) is 5.36. The molecule has 0 saturated heterocycles. The van der Waals surface area contributed by atoms with Crippen LogP contribution in [0.5, 0.6) is 0 Å². The molecule has 0 aliphatic carbocycles. The Labute approximate surface area is 149 Å². The van der Waals surface area contributed by atoms with Crippen LogP contribution in [0, 0.1) is 0 Å². The summed E-state index contributed by atoms with van der Waals surface area (Å²) in [4.78, 5) is 11.9. The molecule has 3 rings (SSSR count). The van der Waals surface area contributed by atoms with E-state index in [1.165, 1.54) is 18.5 Å². The Hall–Kier alpha value is -2.65. The molecule has 26 heavy (non-hydrogen) atoms. The van der Waals surface area contributed by atoms with Crippen molar-refractivity contribution in [3.63, 3.8) is 0 Å². The van der Waals surface area contributed by atoms with Crippen LogP contribution in [0.3, 0.4) is 0 Å². The van der Waals surface area contributed by atoms with Crippen LogP contribution in [0.15, 0.2) is 55.0 Å². The highest BCUT2D eigenvalue weighted by Gasteiger charge is 2.32. The molecule has 2 heterocycles. The monoisotopic (exact) mass is 378 g/mol. The van der Waals surface area contributed by atoms with Crippen molar-refractivity contribution in [1.29, 1.82) is 0 Å². The number of halogens is 3. The first-order chi connectivity index (χ1) is 12.3. The highest BCUT2D eigenvalue weighted by atomic mass is 32.2. The molecular formula is C17H11F3N3O2S-. The topological polar surface area (TPSA) is 78.8 Å². The van der Waals surface area contributed by atoms with E-state index in [-0.39, 0.29) is 5.75 Å². The van der Waals surface area contributed by atoms with E-state index in [4.69, 9.17) is 0 Å². The van der Waals surface area contributed by atoms with Gasteiger partial charge in [-0.3, -0.25) is 14.2 Å². The predicted octanol–water partition coefficient (Wildman–Crippen LogP) is 3.60. The summed E-state index contributed by atoms with van der Waals surface area (Å²) in [6, 6.07) is 8.93. The lowest BCUT2D eigenvalue weighted by molar-refractivity contribution is -0.141. The summed E-state index contributed by atoms with van der Waals surface area (Å²) in [5.74, 6) is -0.0801. The molecule has 0 aliphatic heterocycles. The maximum Gasteiger partial charge on any atom is 0.433 e. The van der Waals surface area contributed by atoms with E-state index < -0.39 is 23.0 Å². The van der Waals surface area contributed by atoms with Crippen LogP contribution in [0.2, 0.25) is 0 Å². The number of aromatic nitrogens is 3. The van der Waals surface area contributed by atoms with Gasteiger partial charge in [0.25, 0.3) is 0 Å². The number of pyridine rings is 1. The van der Waals surface area contributed by atoms with Gasteiger partial charge >= 0.3 is 6.18 Å². The van der Waals surface area contributed by atoms with Gasteiger partial charge in [0.15, 0.2) is 0 Å². The minimum Gasteiger partial charge on any atom is -0.772 e. The van der Waals surface area contributed by atoms with Gasteiger partial charge in [-0.05, 0) is 17.7 Å². The molecular weight excluding hydrogens is 367 g/mol. The lowest BCUT2D eigenvalue weighted by Gasteiger charge is -2.08. The van der Waals surface area contributed by atoms with Crippen molar-refractivity contribution in [2.45, 2.75) is 11.9 Å². The van der Waals surface area contributed by atoms with Crippen molar-refractivity contribution in [3.05, 3.63) is 66.2 Å². The fraction of sp³-hybridized carbons (Fsp3) is 0.118. The normalized spacial score (nSPS) is 12.8. The number of rotatable bonds is 4. The first kappa shape index (κ1) is 18.2. The first-order valence-corrected chi connectivity index (χ1v) is 8.58. The van der Waals surface area contributed by atoms with Crippen LogP contribution in [0.1, 0.15) is 11.3 Å². The molecule has 2 aromatic heterocycles. The molecule has 0 fully saturated rings. The number of alkyl halides is 3. The second-order valence-corrected chi connectivity index (χ2v) is 6.26. The van der Waals surface area contributed by atoms with Gasteiger partial charge in [0.1, 0.15) is 5.69 Å². The van der Waals surface area contributed by atoms with Crippen LogP contribution in [0.4, 0.5) is 13.2 Å². The minimum atomic E-state index is -4.50. The zero-order valence-electron chi connectivity index (χ0n) is 13.1. The summed E-state index contributed by atoms with van der Waals surface area (Å²) in [6.45, 7) is 0. The van der Waals surface area contributed by atoms with Gasteiger partial charge in [-0.2, -0.15) is 13.2 Å². The van der Waals surface area contributed by atoms with Gasteiger partial charge in [-0.1, -0.05) is 35.3 Å². The Kier molecular flexibility index (Phi) is 5.10. The molecule has 0 amide bonds. The third-order valence-electron chi connectivity index (χ3n) is 3.52. The lowest BCUT2D eigenvalue weighted by Crippen LogP contribution is -2.07. The summed E-state index contributed by atoms with van der Waals surface area (Å²) >= 11 is -2.17. The average molecular weight is 378 g/mol. The number of hydrogen-bond donors (Lipinski definition) is 0. The SMILES string of the molecule is O=S([O-])Cc1ccc(-c2cncc(-c3ccc(C(F)(F)F)nc3)n2)cc1. The van der Waals surface area contributed by atoms with Crippen molar-refractivity contribution in [2.75, 3.05) is 0 Å². The van der Waals surface area contributed by atoms with Crippen molar-refractivity contribution in [3.8, 4) is 22.5 Å². The van der Waals surface area contributed by atoms with E-state index in [1.54, 1.807) is 24.3 Å². The molecule has 1 aromatic carbocycles. The Balaban J connectivity index is 1.87. The number of benzene rings is 1. The molecule has 1 unspecified atom stereocenters. The van der Waals surface area contributed by atoms with Crippen LogP contribution < -0.4 is 0 Å². The van der Waals surface area contributed by atoms with Crippen LogP contribution in [-0.2, 0) is 23.0 Å². The van der Waals surface area contributed by atoms with Gasteiger partial charge in [-0.25, -0.2) is 4.98 Å². The third-order valence-corrected chi connectivity index (χ3v) is 4.09. The van der Waals surface area contributed by atoms with Crippen molar-refractivity contribution in [2.24, 2.45) is 0 Å². The quantitative estimate of drug-likeness (QED) is 0.648. The standard InChI is InChI=1S/C17H12F3N3O2S/c18-17(19,20)16-6-5-13(7-22-16)15-9-21-8-14(23-15)12-3-1-11(2-4-12)10-26(24)25/h1-9H,10H2,(H,24,25)/p-1. The van der Waals surface area contributed by atoms with Gasteiger partial charge in [-0.15, -0.1) is 0 Å². The van der Waals surface area contributed by atoms with Crippen molar-refractivity contribution in [1.82, 2.24) is 15.0 Å². The Morgan fingerprint density at radius 2 is 1.54 bits per heavy atom. The van der Waals surface area contributed by atoms with Crippen LogP contribution >= 0.6 is 0 Å². The largest absolute Gasteiger partial charge is 0.772 e. The zero-order valence-corrected chi connectivity index (χ0v) is 13.9. The molecule has 0 bridgehead atoms. The van der Waals surface area contributed by atoms with Gasteiger partial charge in [0, 0.05) is 23.1 Å². The summed E-state index contributed by atoms with van der Waals surface area (Å²) in [7, 11) is 0. The maximum atomic E-state index is 12.6. The van der Waals surface area contributed by atoms with E-state index in [1.807, 2.05) is 0 Å². The minimum absolute atomic E-state index is 0.0801. The van der Waals surface area contributed by atoms with E-state index in [0.717, 1.165) is 12.3 Å². The first-order valence-electron chi connectivity index (χ1n) is 7.34. The molecule has 1 atom stereocenters. The van der Waals surface area contributed by atoms with Gasteiger partial charge in [0.2, 0.25) is 0 Å². The van der Waals surface area contributed by atoms with E-state index in [2.05, 4.69) is 15.0 Å². The predicted molar refractivity (Wildman–Crippen MR) is 88.3 cm³/mol. The molecule has 3 aromatic rings. The summed E-state index contributed by atoms with van der Waals surface area (Å²) in [5.41, 5.74) is 1.67. The molecule has 134 valence electrons. The molecule has 5 nitrogen and oxygen atoms in total.